The Labute approximate surface area is 139 Å². The van der Waals surface area contributed by atoms with E-state index in [4.69, 9.17) is 0 Å². The second-order valence-electron chi connectivity index (χ2n) is 6.25. The van der Waals surface area contributed by atoms with Gasteiger partial charge in [-0.3, -0.25) is 4.79 Å². The van der Waals surface area contributed by atoms with Crippen molar-refractivity contribution in [1.82, 2.24) is 24.7 Å². The van der Waals surface area contributed by atoms with Gasteiger partial charge in [-0.1, -0.05) is 0 Å². The van der Waals surface area contributed by atoms with Crippen LogP contribution < -0.4 is 5.32 Å². The van der Waals surface area contributed by atoms with Crippen molar-refractivity contribution in [3.05, 3.63) is 42.1 Å². The van der Waals surface area contributed by atoms with Crippen molar-refractivity contribution in [3.63, 3.8) is 0 Å². The molecule has 1 aliphatic carbocycles. The number of pyridine rings is 1. The molecule has 1 N–H and O–H groups in total. The summed E-state index contributed by atoms with van der Waals surface area (Å²) in [6, 6.07) is 3.82. The van der Waals surface area contributed by atoms with Crippen molar-refractivity contribution < 1.29 is 4.79 Å². The lowest BCUT2D eigenvalue weighted by atomic mass is 10.2. The molecule has 1 fully saturated rings. The average Bonchev–Trinajstić information content (AvgIpc) is 3.33. The molecular weight excluding hydrogens is 304 g/mol. The van der Waals surface area contributed by atoms with Crippen LogP contribution in [0.2, 0.25) is 0 Å². The molecule has 0 aromatic carbocycles. The minimum Gasteiger partial charge on any atom is -0.306 e. The summed E-state index contributed by atoms with van der Waals surface area (Å²) in [5, 5.41) is 8.09. The normalized spacial score (nSPS) is 15.4. The summed E-state index contributed by atoms with van der Waals surface area (Å²) in [5.74, 6) is 1.53. The Kier molecular flexibility index (Phi) is 3.48. The van der Waals surface area contributed by atoms with Gasteiger partial charge in [-0.05, 0) is 44.7 Å². The van der Waals surface area contributed by atoms with Crippen LogP contribution in [0.4, 0.5) is 5.82 Å². The molecule has 0 spiro atoms. The smallest absolute Gasteiger partial charge is 0.258 e. The lowest BCUT2D eigenvalue weighted by Crippen LogP contribution is -2.14. The van der Waals surface area contributed by atoms with Gasteiger partial charge < -0.3 is 5.32 Å². The van der Waals surface area contributed by atoms with E-state index < -0.39 is 0 Å². The molecule has 3 aromatic rings. The second kappa shape index (κ2) is 5.67. The lowest BCUT2D eigenvalue weighted by Gasteiger charge is -2.11. The number of carbonyl (C=O) groups excluding carboxylic acids is 1. The van der Waals surface area contributed by atoms with Gasteiger partial charge in [-0.2, -0.15) is 5.10 Å². The molecule has 3 heterocycles. The number of hydrogen-bond acceptors (Lipinski definition) is 5. The Morgan fingerprint density at radius 1 is 1.33 bits per heavy atom. The van der Waals surface area contributed by atoms with Gasteiger partial charge in [0.25, 0.3) is 5.91 Å². The molecule has 7 nitrogen and oxygen atoms in total. The van der Waals surface area contributed by atoms with Crippen LogP contribution in [0, 0.1) is 12.8 Å². The minimum atomic E-state index is -0.245. The molecule has 24 heavy (non-hydrogen) atoms. The Bertz CT molecular complexity index is 914. The summed E-state index contributed by atoms with van der Waals surface area (Å²) in [6.07, 6.45) is 7.47. The van der Waals surface area contributed by atoms with Crippen molar-refractivity contribution in [2.75, 3.05) is 5.32 Å². The summed E-state index contributed by atoms with van der Waals surface area (Å²) in [4.78, 5) is 25.0. The highest BCUT2D eigenvalue weighted by Crippen LogP contribution is 2.39. The van der Waals surface area contributed by atoms with Gasteiger partial charge in [0.05, 0.1) is 17.8 Å². The average molecular weight is 322 g/mol. The molecule has 0 bridgehead atoms. The number of hydrogen-bond donors (Lipinski definition) is 1. The number of aromatic nitrogens is 5. The highest BCUT2D eigenvalue weighted by atomic mass is 16.1. The van der Waals surface area contributed by atoms with Crippen LogP contribution in [0.25, 0.3) is 11.0 Å². The molecule has 122 valence electrons. The van der Waals surface area contributed by atoms with Gasteiger partial charge >= 0.3 is 0 Å². The molecule has 0 aliphatic heterocycles. The van der Waals surface area contributed by atoms with Gasteiger partial charge in [0.1, 0.15) is 11.6 Å². The van der Waals surface area contributed by atoms with Crippen LogP contribution in [-0.2, 0) is 0 Å². The molecule has 0 unspecified atom stereocenters. The Balaban J connectivity index is 1.59. The first kappa shape index (κ1) is 14.7. The number of aryl methyl sites for hydroxylation is 1. The predicted octanol–water partition coefficient (Wildman–Crippen LogP) is 2.75. The van der Waals surface area contributed by atoms with Crippen LogP contribution in [0.1, 0.15) is 42.0 Å². The highest BCUT2D eigenvalue weighted by molar-refractivity contribution is 6.05. The molecule has 0 saturated heterocycles. The number of carbonyl (C=O) groups is 1. The molecule has 0 radical (unpaired) electrons. The summed E-state index contributed by atoms with van der Waals surface area (Å²) in [5.41, 5.74) is 1.31. The quantitative estimate of drug-likeness (QED) is 0.798. The molecule has 7 heteroatoms. The van der Waals surface area contributed by atoms with Crippen LogP contribution in [0.15, 0.2) is 30.7 Å². The number of rotatable bonds is 4. The first-order valence-corrected chi connectivity index (χ1v) is 8.06. The minimum absolute atomic E-state index is 0.245. The molecule has 1 atom stereocenters. The third-order valence-corrected chi connectivity index (χ3v) is 4.40. The predicted molar refractivity (Wildman–Crippen MR) is 89.7 cm³/mol. The van der Waals surface area contributed by atoms with E-state index in [1.165, 1.54) is 12.8 Å². The summed E-state index contributed by atoms with van der Waals surface area (Å²) in [6.45, 7) is 3.95. The largest absolute Gasteiger partial charge is 0.306 e. The van der Waals surface area contributed by atoms with E-state index in [1.807, 2.05) is 10.7 Å². The zero-order chi connectivity index (χ0) is 16.7. The van der Waals surface area contributed by atoms with E-state index in [2.05, 4.69) is 32.3 Å². The van der Waals surface area contributed by atoms with Gasteiger partial charge in [-0.15, -0.1) is 0 Å². The maximum absolute atomic E-state index is 12.4. The highest BCUT2D eigenvalue weighted by Gasteiger charge is 2.30. The standard InChI is InChI=1S/C17H18N6O/c1-10(12-3-4-12)23-16-13(9-20-23)7-14(8-19-16)17(24)22-15-5-6-18-11(2)21-15/h5-10,12H,3-4H2,1-2H3,(H,18,21,22,24)/t10-/m0/s1. The maximum atomic E-state index is 12.4. The topological polar surface area (TPSA) is 85.6 Å². The van der Waals surface area contributed by atoms with Crippen molar-refractivity contribution in [2.24, 2.45) is 5.92 Å². The third-order valence-electron chi connectivity index (χ3n) is 4.40. The Hall–Kier alpha value is -2.83. The molecule has 1 aliphatic rings. The number of nitrogens with zero attached hydrogens (tertiary/aromatic N) is 5. The van der Waals surface area contributed by atoms with Crippen molar-refractivity contribution >= 4 is 22.8 Å². The van der Waals surface area contributed by atoms with E-state index in [0.717, 1.165) is 11.0 Å². The van der Waals surface area contributed by atoms with Crippen LogP contribution >= 0.6 is 0 Å². The van der Waals surface area contributed by atoms with E-state index in [9.17, 15) is 4.79 Å². The number of nitrogens with one attached hydrogen (secondary N) is 1. The van der Waals surface area contributed by atoms with Crippen LogP contribution in [0.3, 0.4) is 0 Å². The van der Waals surface area contributed by atoms with E-state index in [0.29, 0.717) is 29.2 Å². The fraction of sp³-hybridized carbons (Fsp3) is 0.353. The molecule has 3 aromatic heterocycles. The second-order valence-corrected chi connectivity index (χ2v) is 6.25. The zero-order valence-electron chi connectivity index (χ0n) is 13.6. The van der Waals surface area contributed by atoms with Gasteiger partial charge in [0, 0.05) is 17.8 Å². The van der Waals surface area contributed by atoms with Gasteiger partial charge in [-0.25, -0.2) is 19.6 Å². The van der Waals surface area contributed by atoms with E-state index in [1.54, 1.807) is 31.6 Å². The Morgan fingerprint density at radius 3 is 2.92 bits per heavy atom. The zero-order valence-corrected chi connectivity index (χ0v) is 13.6. The SMILES string of the molecule is Cc1nccc(NC(=O)c2cnc3c(cnn3[C@@H](C)C3CC3)c2)n1. The number of amides is 1. The fourth-order valence-corrected chi connectivity index (χ4v) is 2.85. The third kappa shape index (κ3) is 2.73. The maximum Gasteiger partial charge on any atom is 0.258 e. The van der Waals surface area contributed by atoms with Crippen molar-refractivity contribution in [1.29, 1.82) is 0 Å². The fourth-order valence-electron chi connectivity index (χ4n) is 2.85. The molecular formula is C17H18N6O. The summed E-state index contributed by atoms with van der Waals surface area (Å²) in [7, 11) is 0. The van der Waals surface area contributed by atoms with Gasteiger partial charge in [0.2, 0.25) is 0 Å². The first-order chi connectivity index (χ1) is 11.6. The molecule has 4 rings (SSSR count). The van der Waals surface area contributed by atoms with Crippen molar-refractivity contribution in [3.8, 4) is 0 Å². The van der Waals surface area contributed by atoms with Gasteiger partial charge in [0.15, 0.2) is 5.65 Å². The van der Waals surface area contributed by atoms with Crippen LogP contribution in [0.5, 0.6) is 0 Å². The summed E-state index contributed by atoms with van der Waals surface area (Å²) < 4.78 is 1.96. The van der Waals surface area contributed by atoms with Crippen LogP contribution in [-0.4, -0.2) is 30.6 Å². The van der Waals surface area contributed by atoms with E-state index >= 15 is 0 Å². The van der Waals surface area contributed by atoms with E-state index in [-0.39, 0.29) is 5.91 Å². The first-order valence-electron chi connectivity index (χ1n) is 8.06. The molecule has 1 amide bonds. The monoisotopic (exact) mass is 322 g/mol. The number of anilines is 1. The van der Waals surface area contributed by atoms with Crippen molar-refractivity contribution in [2.45, 2.75) is 32.7 Å². The summed E-state index contributed by atoms with van der Waals surface area (Å²) >= 11 is 0. The lowest BCUT2D eigenvalue weighted by molar-refractivity contribution is 0.102. The Morgan fingerprint density at radius 2 is 2.17 bits per heavy atom. The molecule has 1 saturated carbocycles. The number of fused-ring (bicyclic) bond motifs is 1.